The highest BCUT2D eigenvalue weighted by Gasteiger charge is 2.63. The van der Waals surface area contributed by atoms with Crippen LogP contribution in [-0.4, -0.2) is 93.8 Å². The van der Waals surface area contributed by atoms with Gasteiger partial charge in [0, 0.05) is 13.0 Å². The number of tetrazole rings is 1. The molecule has 0 bridgehead atoms. The molecule has 220 valence electrons. The number of benzene rings is 1. The number of nitrogens with one attached hydrogen (secondary N) is 3. The van der Waals surface area contributed by atoms with E-state index >= 15 is 0 Å². The van der Waals surface area contributed by atoms with Crippen LogP contribution in [0.1, 0.15) is 54.5 Å². The summed E-state index contributed by atoms with van der Waals surface area (Å²) in [5.41, 5.74) is 0.0105. The zero-order chi connectivity index (χ0) is 29.9. The quantitative estimate of drug-likeness (QED) is 0.221. The Balaban J connectivity index is 1.26. The van der Waals surface area contributed by atoms with Gasteiger partial charge < -0.3 is 25.6 Å². The van der Waals surface area contributed by atoms with Crippen LogP contribution in [0.3, 0.4) is 0 Å². The van der Waals surface area contributed by atoms with Crippen LogP contribution in [0, 0.1) is 5.92 Å². The molecule has 1 aromatic carbocycles. The van der Waals surface area contributed by atoms with E-state index in [0.29, 0.717) is 31.5 Å². The second-order valence-electron chi connectivity index (χ2n) is 10.6. The van der Waals surface area contributed by atoms with Crippen molar-refractivity contribution in [1.29, 1.82) is 0 Å². The predicted molar refractivity (Wildman–Crippen MR) is 144 cm³/mol. The first-order valence-corrected chi connectivity index (χ1v) is 13.6. The van der Waals surface area contributed by atoms with E-state index in [1.165, 1.54) is 29.0 Å². The minimum Gasteiger partial charge on any atom is -0.481 e. The molecule has 3 aromatic rings. The zero-order valence-corrected chi connectivity index (χ0v) is 22.9. The summed E-state index contributed by atoms with van der Waals surface area (Å²) in [6, 6.07) is 6.96. The molecule has 1 aliphatic carbocycles. The van der Waals surface area contributed by atoms with E-state index in [1.807, 2.05) is 30.3 Å². The van der Waals surface area contributed by atoms with Crippen LogP contribution in [0.2, 0.25) is 0 Å². The van der Waals surface area contributed by atoms with Gasteiger partial charge >= 0.3 is 5.97 Å². The molecule has 42 heavy (non-hydrogen) atoms. The van der Waals surface area contributed by atoms with Crippen LogP contribution >= 0.6 is 0 Å². The van der Waals surface area contributed by atoms with Gasteiger partial charge in [-0.3, -0.25) is 24.0 Å². The number of amides is 3. The standard InChI is InChI=1S/C27H31N9O6/c1-16(35-9-5-8-18-12-27(18,26(35)42)31-25(41)20-13-28-15-29-20)24(40)30-19(11-23(38)39)21(37)14-36-22(32-33-34-36)10-17-6-3-2-4-7-17/h2-4,6-7,13,15-16,18-19H,5,8-12,14H2,1H3,(H,28,29)(H,30,40)(H,31,41)(H,38,39)/t16?,18-,19?,27+/m1/s1. The molecule has 15 nitrogen and oxygen atoms in total. The number of carboxylic acids is 1. The molecule has 2 aromatic heterocycles. The fourth-order valence-electron chi connectivity index (χ4n) is 5.39. The van der Waals surface area contributed by atoms with Crippen LogP contribution < -0.4 is 10.6 Å². The Bertz CT molecular complexity index is 1470. The summed E-state index contributed by atoms with van der Waals surface area (Å²) in [7, 11) is 0. The number of hydrogen-bond acceptors (Lipinski definition) is 9. The predicted octanol–water partition coefficient (Wildman–Crippen LogP) is -0.285. The number of H-pyrrole nitrogens is 1. The van der Waals surface area contributed by atoms with Crippen molar-refractivity contribution in [2.45, 2.75) is 63.2 Å². The lowest BCUT2D eigenvalue weighted by atomic mass is 10.1. The first kappa shape index (κ1) is 28.6. The maximum Gasteiger partial charge on any atom is 0.305 e. The van der Waals surface area contributed by atoms with Crippen molar-refractivity contribution in [1.82, 2.24) is 45.7 Å². The van der Waals surface area contributed by atoms with Crippen molar-refractivity contribution >= 4 is 29.5 Å². The van der Waals surface area contributed by atoms with Gasteiger partial charge in [0.2, 0.25) is 11.8 Å². The molecule has 0 spiro atoms. The van der Waals surface area contributed by atoms with E-state index in [0.717, 1.165) is 5.56 Å². The molecule has 2 fully saturated rings. The Morgan fingerprint density at radius 2 is 2.00 bits per heavy atom. The van der Waals surface area contributed by atoms with Crippen LogP contribution in [0.4, 0.5) is 0 Å². The van der Waals surface area contributed by atoms with Gasteiger partial charge in [0.25, 0.3) is 5.91 Å². The van der Waals surface area contributed by atoms with Gasteiger partial charge in [-0.05, 0) is 48.1 Å². The van der Waals surface area contributed by atoms with Crippen molar-refractivity contribution in [2.24, 2.45) is 5.92 Å². The maximum absolute atomic E-state index is 13.7. The summed E-state index contributed by atoms with van der Waals surface area (Å²) in [5, 5.41) is 26.3. The third-order valence-corrected chi connectivity index (χ3v) is 7.83. The first-order chi connectivity index (χ1) is 20.2. The number of rotatable bonds is 12. The molecule has 0 radical (unpaired) electrons. The van der Waals surface area contributed by atoms with Crippen molar-refractivity contribution in [2.75, 3.05) is 6.54 Å². The molecule has 3 amide bonds. The number of carboxylic acid groups (broad SMARTS) is 1. The van der Waals surface area contributed by atoms with Gasteiger partial charge in [0.15, 0.2) is 11.6 Å². The van der Waals surface area contributed by atoms with E-state index in [1.54, 1.807) is 0 Å². The minimum absolute atomic E-state index is 0.0557. The SMILES string of the molecule is CC(C(=O)NC(CC(=O)O)C(=O)Cn1nnnc1Cc1ccccc1)N1CCC[C@@H]2C[C@@]2(NC(=O)c2cnc[nH]2)C1=O. The summed E-state index contributed by atoms with van der Waals surface area (Å²) in [5.74, 6) is -3.08. The molecule has 1 aliphatic heterocycles. The second-order valence-corrected chi connectivity index (χ2v) is 10.6. The molecular formula is C27H31N9O6. The minimum atomic E-state index is -1.38. The molecule has 2 unspecified atom stereocenters. The lowest BCUT2D eigenvalue weighted by molar-refractivity contribution is -0.144. The van der Waals surface area contributed by atoms with Crippen LogP contribution in [-0.2, 0) is 32.1 Å². The number of carbonyl (C=O) groups excluding carboxylic acids is 4. The van der Waals surface area contributed by atoms with Crippen molar-refractivity contribution in [3.63, 3.8) is 0 Å². The monoisotopic (exact) mass is 577 g/mol. The van der Waals surface area contributed by atoms with E-state index in [9.17, 15) is 29.1 Å². The molecular weight excluding hydrogens is 546 g/mol. The highest BCUT2D eigenvalue weighted by Crippen LogP contribution is 2.50. The molecule has 5 rings (SSSR count). The summed E-state index contributed by atoms with van der Waals surface area (Å²) < 4.78 is 1.28. The summed E-state index contributed by atoms with van der Waals surface area (Å²) in [4.78, 5) is 72.5. The molecule has 4 atom stereocenters. The third kappa shape index (κ3) is 6.04. The topological polar surface area (TPSA) is 205 Å². The average Bonchev–Trinajstić information content (AvgIpc) is 3.27. The average molecular weight is 578 g/mol. The van der Waals surface area contributed by atoms with Gasteiger partial charge in [-0.1, -0.05) is 30.3 Å². The van der Waals surface area contributed by atoms with Gasteiger partial charge in [0.1, 0.15) is 23.8 Å². The number of aliphatic carboxylic acids is 1. The van der Waals surface area contributed by atoms with E-state index in [-0.39, 0.29) is 30.6 Å². The van der Waals surface area contributed by atoms with E-state index < -0.39 is 47.6 Å². The molecule has 1 saturated carbocycles. The number of aromatic nitrogens is 6. The number of imidazole rings is 1. The number of aromatic amines is 1. The Morgan fingerprint density at radius 1 is 1.21 bits per heavy atom. The molecule has 2 aliphatic rings. The Labute approximate surface area is 240 Å². The summed E-state index contributed by atoms with van der Waals surface area (Å²) in [6.45, 7) is 1.44. The first-order valence-electron chi connectivity index (χ1n) is 13.6. The van der Waals surface area contributed by atoms with Gasteiger partial charge in [-0.15, -0.1) is 5.10 Å². The van der Waals surface area contributed by atoms with Gasteiger partial charge in [0.05, 0.1) is 25.0 Å². The number of Topliss-reactive ketones (excluding diaryl/α,β-unsaturated/α-hetero) is 1. The van der Waals surface area contributed by atoms with E-state index in [4.69, 9.17) is 0 Å². The van der Waals surface area contributed by atoms with Crippen molar-refractivity contribution < 1.29 is 29.1 Å². The van der Waals surface area contributed by atoms with Crippen molar-refractivity contribution in [3.8, 4) is 0 Å². The maximum atomic E-state index is 13.7. The fourth-order valence-corrected chi connectivity index (χ4v) is 5.39. The lowest BCUT2D eigenvalue weighted by Gasteiger charge is -2.32. The smallest absolute Gasteiger partial charge is 0.305 e. The van der Waals surface area contributed by atoms with Crippen LogP contribution in [0.25, 0.3) is 0 Å². The number of carbonyl (C=O) groups is 5. The molecule has 15 heteroatoms. The van der Waals surface area contributed by atoms with Gasteiger partial charge in [-0.25, -0.2) is 9.67 Å². The largest absolute Gasteiger partial charge is 0.481 e. The van der Waals surface area contributed by atoms with Crippen LogP contribution in [0.15, 0.2) is 42.9 Å². The molecule has 4 N–H and O–H groups in total. The van der Waals surface area contributed by atoms with Gasteiger partial charge in [-0.2, -0.15) is 0 Å². The summed E-state index contributed by atoms with van der Waals surface area (Å²) in [6.07, 6.45) is 4.18. The van der Waals surface area contributed by atoms with Crippen molar-refractivity contribution in [3.05, 3.63) is 59.9 Å². The molecule has 3 heterocycles. The third-order valence-electron chi connectivity index (χ3n) is 7.83. The number of likely N-dealkylation sites (tertiary alicyclic amines) is 1. The Kier molecular flexibility index (Phi) is 8.08. The lowest BCUT2D eigenvalue weighted by Crippen LogP contribution is -2.58. The second kappa shape index (κ2) is 11.9. The number of ketones is 1. The normalized spacial score (nSPS) is 21.0. The summed E-state index contributed by atoms with van der Waals surface area (Å²) >= 11 is 0. The highest BCUT2D eigenvalue weighted by atomic mass is 16.4. The Morgan fingerprint density at radius 3 is 2.71 bits per heavy atom. The zero-order valence-electron chi connectivity index (χ0n) is 22.9. The number of nitrogens with zero attached hydrogens (tertiary/aromatic N) is 6. The highest BCUT2D eigenvalue weighted by molar-refractivity contribution is 6.02. The van der Waals surface area contributed by atoms with Crippen LogP contribution in [0.5, 0.6) is 0 Å². The Hall–Kier alpha value is -4.95. The number of fused-ring (bicyclic) bond motifs is 1. The van der Waals surface area contributed by atoms with E-state index in [2.05, 4.69) is 36.1 Å². The molecule has 1 saturated heterocycles. The number of hydrogen-bond donors (Lipinski definition) is 4. The fraction of sp³-hybridized carbons (Fsp3) is 0.444.